The van der Waals surface area contributed by atoms with Crippen LogP contribution in [0.25, 0.3) is 0 Å². The fraction of sp³-hybridized carbons (Fsp3) is 0.200. The van der Waals surface area contributed by atoms with Crippen molar-refractivity contribution in [3.8, 4) is 5.75 Å². The molecule has 0 heterocycles. The molecule has 2 nitrogen and oxygen atoms in total. The van der Waals surface area contributed by atoms with E-state index in [4.69, 9.17) is 4.74 Å². The highest BCUT2D eigenvalue weighted by Crippen LogP contribution is 2.26. The second-order valence-electron chi connectivity index (χ2n) is 3.88. The van der Waals surface area contributed by atoms with Crippen molar-refractivity contribution < 1.29 is 4.74 Å². The van der Waals surface area contributed by atoms with Gasteiger partial charge in [-0.3, -0.25) is 0 Å². The Hall–Kier alpha value is -1.96. The molecule has 17 heavy (non-hydrogen) atoms. The van der Waals surface area contributed by atoms with Gasteiger partial charge in [-0.15, -0.1) is 0 Å². The molecule has 0 unspecified atom stereocenters. The van der Waals surface area contributed by atoms with Crippen LogP contribution in [-0.2, 0) is 6.42 Å². The number of anilines is 2. The second kappa shape index (κ2) is 5.39. The average Bonchev–Trinajstić information content (AvgIpc) is 2.40. The van der Waals surface area contributed by atoms with Gasteiger partial charge in [0.1, 0.15) is 5.75 Å². The Morgan fingerprint density at radius 2 is 1.71 bits per heavy atom. The lowest BCUT2D eigenvalue weighted by molar-refractivity contribution is 0.417. The molecule has 2 aromatic carbocycles. The normalized spacial score (nSPS) is 10.0. The van der Waals surface area contributed by atoms with E-state index < -0.39 is 0 Å². The van der Waals surface area contributed by atoms with Gasteiger partial charge in [-0.2, -0.15) is 0 Å². The molecule has 0 spiro atoms. The van der Waals surface area contributed by atoms with E-state index in [1.54, 1.807) is 7.11 Å². The lowest BCUT2D eigenvalue weighted by Gasteiger charge is -2.11. The van der Waals surface area contributed by atoms with E-state index in [-0.39, 0.29) is 0 Å². The number of ether oxygens (including phenoxy) is 1. The Bertz CT molecular complexity index is 477. The molecule has 0 aliphatic carbocycles. The zero-order valence-corrected chi connectivity index (χ0v) is 10.2. The van der Waals surface area contributed by atoms with E-state index in [1.807, 2.05) is 24.3 Å². The van der Waals surface area contributed by atoms with Crippen molar-refractivity contribution >= 4 is 11.4 Å². The number of hydrogen-bond acceptors (Lipinski definition) is 2. The van der Waals surface area contributed by atoms with Crippen LogP contribution in [0.1, 0.15) is 12.5 Å². The summed E-state index contributed by atoms with van der Waals surface area (Å²) in [6, 6.07) is 16.4. The van der Waals surface area contributed by atoms with Crippen molar-refractivity contribution in [2.45, 2.75) is 13.3 Å². The monoisotopic (exact) mass is 227 g/mol. The zero-order chi connectivity index (χ0) is 12.1. The molecule has 0 fully saturated rings. The van der Waals surface area contributed by atoms with Crippen molar-refractivity contribution in [3.63, 3.8) is 0 Å². The van der Waals surface area contributed by atoms with Crippen molar-refractivity contribution in [2.75, 3.05) is 12.4 Å². The minimum atomic E-state index is 0.854. The first-order valence-corrected chi connectivity index (χ1v) is 5.82. The SMILES string of the molecule is CCc1ccc(Nc2ccccc2OC)cc1. The first-order valence-electron chi connectivity index (χ1n) is 5.82. The third-order valence-electron chi connectivity index (χ3n) is 2.75. The molecule has 0 atom stereocenters. The van der Waals surface area contributed by atoms with Crippen molar-refractivity contribution in [2.24, 2.45) is 0 Å². The van der Waals surface area contributed by atoms with Gasteiger partial charge in [0.05, 0.1) is 12.8 Å². The maximum atomic E-state index is 5.30. The fourth-order valence-electron chi connectivity index (χ4n) is 1.73. The summed E-state index contributed by atoms with van der Waals surface area (Å²) in [5, 5.41) is 3.35. The van der Waals surface area contributed by atoms with Gasteiger partial charge in [-0.05, 0) is 36.2 Å². The first kappa shape index (κ1) is 11.5. The highest BCUT2D eigenvalue weighted by atomic mass is 16.5. The van der Waals surface area contributed by atoms with Crippen LogP contribution in [0.4, 0.5) is 11.4 Å². The second-order valence-corrected chi connectivity index (χ2v) is 3.88. The largest absolute Gasteiger partial charge is 0.495 e. The lowest BCUT2D eigenvalue weighted by atomic mass is 10.1. The van der Waals surface area contributed by atoms with Gasteiger partial charge in [-0.1, -0.05) is 31.2 Å². The first-order chi connectivity index (χ1) is 8.33. The van der Waals surface area contributed by atoms with E-state index in [0.29, 0.717) is 0 Å². The zero-order valence-electron chi connectivity index (χ0n) is 10.2. The molecule has 2 heteroatoms. The smallest absolute Gasteiger partial charge is 0.142 e. The summed E-state index contributed by atoms with van der Waals surface area (Å²) in [4.78, 5) is 0. The third kappa shape index (κ3) is 2.78. The summed E-state index contributed by atoms with van der Waals surface area (Å²) >= 11 is 0. The molecule has 0 radical (unpaired) electrons. The van der Waals surface area contributed by atoms with E-state index in [2.05, 4.69) is 36.5 Å². The lowest BCUT2D eigenvalue weighted by Crippen LogP contribution is -1.94. The molecule has 0 aliphatic heterocycles. The highest BCUT2D eigenvalue weighted by Gasteiger charge is 2.01. The Morgan fingerprint density at radius 1 is 1.00 bits per heavy atom. The molecule has 0 bridgehead atoms. The molecular formula is C15H17NO. The number of benzene rings is 2. The molecule has 2 aromatic rings. The predicted molar refractivity (Wildman–Crippen MR) is 72.1 cm³/mol. The van der Waals surface area contributed by atoms with Crippen LogP contribution in [0.5, 0.6) is 5.75 Å². The van der Waals surface area contributed by atoms with E-state index in [1.165, 1.54) is 5.56 Å². The van der Waals surface area contributed by atoms with Crippen LogP contribution in [0.15, 0.2) is 48.5 Å². The van der Waals surface area contributed by atoms with Crippen molar-refractivity contribution in [1.29, 1.82) is 0 Å². The molecular weight excluding hydrogens is 210 g/mol. The van der Waals surface area contributed by atoms with E-state index in [0.717, 1.165) is 23.5 Å². The van der Waals surface area contributed by atoms with E-state index >= 15 is 0 Å². The highest BCUT2D eigenvalue weighted by molar-refractivity contribution is 5.66. The number of methoxy groups -OCH3 is 1. The maximum absolute atomic E-state index is 5.30. The molecule has 0 aliphatic rings. The fourth-order valence-corrected chi connectivity index (χ4v) is 1.73. The molecule has 88 valence electrons. The molecule has 0 saturated heterocycles. The molecule has 2 rings (SSSR count). The van der Waals surface area contributed by atoms with Gasteiger partial charge >= 0.3 is 0 Å². The quantitative estimate of drug-likeness (QED) is 0.852. The summed E-state index contributed by atoms with van der Waals surface area (Å²) in [6.07, 6.45) is 1.06. The Kier molecular flexibility index (Phi) is 3.66. The summed E-state index contributed by atoms with van der Waals surface area (Å²) in [6.45, 7) is 2.16. The van der Waals surface area contributed by atoms with Gasteiger partial charge in [0.25, 0.3) is 0 Å². The predicted octanol–water partition coefficient (Wildman–Crippen LogP) is 4.00. The van der Waals surface area contributed by atoms with Gasteiger partial charge in [0.15, 0.2) is 0 Å². The van der Waals surface area contributed by atoms with E-state index in [9.17, 15) is 0 Å². The van der Waals surface area contributed by atoms with Crippen LogP contribution in [0.3, 0.4) is 0 Å². The van der Waals surface area contributed by atoms with Crippen LogP contribution in [0, 0.1) is 0 Å². The summed E-state index contributed by atoms with van der Waals surface area (Å²) in [5.41, 5.74) is 3.40. The van der Waals surface area contributed by atoms with Crippen molar-refractivity contribution in [1.82, 2.24) is 0 Å². The minimum Gasteiger partial charge on any atom is -0.495 e. The molecule has 0 amide bonds. The van der Waals surface area contributed by atoms with Gasteiger partial charge in [0.2, 0.25) is 0 Å². The topological polar surface area (TPSA) is 21.3 Å². The van der Waals surface area contributed by atoms with Gasteiger partial charge < -0.3 is 10.1 Å². The number of para-hydroxylation sites is 2. The van der Waals surface area contributed by atoms with Crippen molar-refractivity contribution in [3.05, 3.63) is 54.1 Å². The Labute approximate surface area is 102 Å². The van der Waals surface area contributed by atoms with Crippen LogP contribution < -0.4 is 10.1 Å². The summed E-state index contributed by atoms with van der Waals surface area (Å²) in [7, 11) is 1.68. The van der Waals surface area contributed by atoms with Crippen LogP contribution >= 0.6 is 0 Å². The van der Waals surface area contributed by atoms with Gasteiger partial charge in [0, 0.05) is 5.69 Å². The molecule has 0 aromatic heterocycles. The molecule has 1 N–H and O–H groups in total. The van der Waals surface area contributed by atoms with Gasteiger partial charge in [-0.25, -0.2) is 0 Å². The summed E-state index contributed by atoms with van der Waals surface area (Å²) < 4.78 is 5.30. The summed E-state index contributed by atoms with van der Waals surface area (Å²) in [5.74, 6) is 0.854. The Balaban J connectivity index is 2.19. The standard InChI is InChI=1S/C15H17NO/c1-3-12-8-10-13(11-9-12)16-14-6-4-5-7-15(14)17-2/h4-11,16H,3H2,1-2H3. The maximum Gasteiger partial charge on any atom is 0.142 e. The minimum absolute atomic E-state index is 0.854. The Morgan fingerprint density at radius 3 is 2.35 bits per heavy atom. The number of aryl methyl sites for hydroxylation is 1. The number of rotatable bonds is 4. The molecule has 0 saturated carbocycles. The number of nitrogens with one attached hydrogen (secondary N) is 1. The van der Waals surface area contributed by atoms with Crippen LogP contribution in [0.2, 0.25) is 0 Å². The van der Waals surface area contributed by atoms with Crippen LogP contribution in [-0.4, -0.2) is 7.11 Å². The number of hydrogen-bond donors (Lipinski definition) is 1. The average molecular weight is 227 g/mol. The third-order valence-corrected chi connectivity index (χ3v) is 2.75.